The van der Waals surface area contributed by atoms with Crippen LogP contribution in [0.3, 0.4) is 0 Å². The van der Waals surface area contributed by atoms with Gasteiger partial charge in [-0.15, -0.1) is 0 Å². The second-order valence-electron chi connectivity index (χ2n) is 14.4. The fraction of sp³-hybridized carbons (Fsp3) is 0.795. The number of unbranched alkanes of at least 4 members (excludes halogenated alkanes) is 18. The molecule has 0 fully saturated rings. The van der Waals surface area contributed by atoms with Crippen LogP contribution in [0.25, 0.3) is 0 Å². The molecule has 7 nitrogen and oxygen atoms in total. The fourth-order valence-electron chi connectivity index (χ4n) is 6.29. The average molecular weight is 717 g/mol. The number of nitrogens with two attached hydrogens (primary N) is 1. The summed E-state index contributed by atoms with van der Waals surface area (Å²) < 4.78 is 6.03. The molecule has 2 unspecified atom stereocenters. The van der Waals surface area contributed by atoms with Crippen molar-refractivity contribution in [3.63, 3.8) is 0 Å². The Hall–Kier alpha value is -2.41. The summed E-state index contributed by atoms with van der Waals surface area (Å²) in [5.41, 5.74) is 5.48. The molecule has 0 rings (SSSR count). The fourth-order valence-corrected chi connectivity index (χ4v) is 6.29. The number of rotatable bonds is 38. The van der Waals surface area contributed by atoms with Gasteiger partial charge in [0, 0.05) is 12.8 Å². The van der Waals surface area contributed by atoms with Gasteiger partial charge in [0.2, 0.25) is 5.91 Å². The van der Waals surface area contributed by atoms with Crippen LogP contribution in [-0.2, 0) is 19.1 Å². The van der Waals surface area contributed by atoms with Crippen molar-refractivity contribution in [1.29, 1.82) is 0 Å². The first-order chi connectivity index (χ1) is 24.9. The molecular formula is C44H80N2O5. The van der Waals surface area contributed by atoms with Crippen LogP contribution >= 0.6 is 0 Å². The van der Waals surface area contributed by atoms with Crippen LogP contribution in [-0.4, -0.2) is 41.6 Å². The van der Waals surface area contributed by atoms with Gasteiger partial charge in [0.1, 0.15) is 12.1 Å². The van der Waals surface area contributed by atoms with E-state index in [4.69, 9.17) is 10.5 Å². The van der Waals surface area contributed by atoms with Crippen molar-refractivity contribution in [2.75, 3.05) is 6.54 Å². The molecule has 0 radical (unpaired) electrons. The third-order valence-electron chi connectivity index (χ3n) is 9.47. The molecule has 0 spiro atoms. The molecule has 0 aromatic heterocycles. The van der Waals surface area contributed by atoms with E-state index in [-0.39, 0.29) is 18.0 Å². The summed E-state index contributed by atoms with van der Waals surface area (Å²) in [6, 6.07) is -0.857. The van der Waals surface area contributed by atoms with Crippen molar-refractivity contribution >= 4 is 17.8 Å². The van der Waals surface area contributed by atoms with Gasteiger partial charge in [-0.25, -0.2) is 4.79 Å². The van der Waals surface area contributed by atoms with Crippen molar-refractivity contribution in [3.05, 3.63) is 36.5 Å². The van der Waals surface area contributed by atoms with Gasteiger partial charge in [-0.3, -0.25) is 9.59 Å². The first-order valence-electron chi connectivity index (χ1n) is 21.3. The Morgan fingerprint density at radius 2 is 1.08 bits per heavy atom. The lowest BCUT2D eigenvalue weighted by molar-refractivity contribution is -0.150. The molecule has 0 aliphatic carbocycles. The zero-order chi connectivity index (χ0) is 37.5. The van der Waals surface area contributed by atoms with Crippen LogP contribution in [0.2, 0.25) is 0 Å². The Morgan fingerprint density at radius 3 is 1.63 bits per heavy atom. The number of esters is 1. The first kappa shape index (κ1) is 48.6. The Balaban J connectivity index is 4.31. The van der Waals surface area contributed by atoms with Crippen molar-refractivity contribution in [3.8, 4) is 0 Å². The number of amides is 1. The summed E-state index contributed by atoms with van der Waals surface area (Å²) >= 11 is 0. The SMILES string of the molecule is CC/C=C\C/C=C\C/C=C\CCCCCCCC(=O)OC(CCCCCCCCCCCC)CCCCCCCC(=O)NC(CCCN)C(=O)O. The minimum atomic E-state index is -1.01. The number of carboxylic acid groups (broad SMARTS) is 1. The lowest BCUT2D eigenvalue weighted by Gasteiger charge is -2.18. The summed E-state index contributed by atoms with van der Waals surface area (Å²) in [5.74, 6) is -1.25. The zero-order valence-corrected chi connectivity index (χ0v) is 33.2. The molecule has 296 valence electrons. The van der Waals surface area contributed by atoms with Gasteiger partial charge in [0.05, 0.1) is 0 Å². The topological polar surface area (TPSA) is 119 Å². The zero-order valence-electron chi connectivity index (χ0n) is 33.2. The van der Waals surface area contributed by atoms with Crippen LogP contribution in [0, 0.1) is 0 Å². The van der Waals surface area contributed by atoms with E-state index in [1.807, 2.05) is 0 Å². The van der Waals surface area contributed by atoms with Gasteiger partial charge >= 0.3 is 11.9 Å². The highest BCUT2D eigenvalue weighted by Gasteiger charge is 2.19. The Labute approximate surface area is 314 Å². The number of allylic oxidation sites excluding steroid dienone is 6. The van der Waals surface area contributed by atoms with E-state index in [1.165, 1.54) is 77.0 Å². The van der Waals surface area contributed by atoms with Crippen molar-refractivity contribution in [2.24, 2.45) is 5.73 Å². The van der Waals surface area contributed by atoms with E-state index >= 15 is 0 Å². The molecule has 0 aliphatic heterocycles. The maximum Gasteiger partial charge on any atom is 0.326 e. The van der Waals surface area contributed by atoms with Crippen molar-refractivity contribution in [2.45, 2.75) is 219 Å². The summed E-state index contributed by atoms with van der Waals surface area (Å²) in [4.78, 5) is 36.3. The molecule has 0 saturated carbocycles. The summed E-state index contributed by atoms with van der Waals surface area (Å²) in [7, 11) is 0. The van der Waals surface area contributed by atoms with Gasteiger partial charge in [0.15, 0.2) is 0 Å². The number of nitrogens with one attached hydrogen (secondary N) is 1. The van der Waals surface area contributed by atoms with Gasteiger partial charge in [-0.2, -0.15) is 0 Å². The van der Waals surface area contributed by atoms with E-state index in [9.17, 15) is 19.5 Å². The van der Waals surface area contributed by atoms with E-state index in [2.05, 4.69) is 55.6 Å². The van der Waals surface area contributed by atoms with Gasteiger partial charge in [-0.1, -0.05) is 147 Å². The molecule has 0 saturated heterocycles. The smallest absolute Gasteiger partial charge is 0.326 e. The monoisotopic (exact) mass is 717 g/mol. The molecule has 0 heterocycles. The minimum Gasteiger partial charge on any atom is -0.480 e. The van der Waals surface area contributed by atoms with Gasteiger partial charge in [0.25, 0.3) is 0 Å². The molecule has 1 amide bonds. The molecule has 0 aliphatic rings. The minimum absolute atomic E-state index is 0.00762. The molecule has 0 bridgehead atoms. The summed E-state index contributed by atoms with van der Waals surface area (Å²) in [6.45, 7) is 4.83. The van der Waals surface area contributed by atoms with Crippen LogP contribution < -0.4 is 11.1 Å². The lowest BCUT2D eigenvalue weighted by atomic mass is 10.0. The van der Waals surface area contributed by atoms with Crippen LogP contribution in [0.15, 0.2) is 36.5 Å². The molecule has 4 N–H and O–H groups in total. The largest absolute Gasteiger partial charge is 0.480 e. The number of carbonyl (C=O) groups excluding carboxylic acids is 2. The highest BCUT2D eigenvalue weighted by atomic mass is 16.5. The quantitative estimate of drug-likeness (QED) is 0.0332. The number of hydrogen-bond donors (Lipinski definition) is 3. The molecule has 0 aromatic rings. The lowest BCUT2D eigenvalue weighted by Crippen LogP contribution is -2.40. The molecular weight excluding hydrogens is 636 g/mol. The Bertz CT molecular complexity index is 900. The highest BCUT2D eigenvalue weighted by Crippen LogP contribution is 2.19. The summed E-state index contributed by atoms with van der Waals surface area (Å²) in [6.07, 6.45) is 44.7. The molecule has 0 aromatic carbocycles. The molecule has 51 heavy (non-hydrogen) atoms. The third-order valence-corrected chi connectivity index (χ3v) is 9.47. The molecule has 7 heteroatoms. The summed E-state index contributed by atoms with van der Waals surface area (Å²) in [5, 5.41) is 11.9. The maximum atomic E-state index is 12.8. The first-order valence-corrected chi connectivity index (χ1v) is 21.3. The van der Waals surface area contributed by atoms with Crippen molar-refractivity contribution < 1.29 is 24.2 Å². The van der Waals surface area contributed by atoms with Crippen LogP contribution in [0.4, 0.5) is 0 Å². The molecule has 2 atom stereocenters. The number of carboxylic acids is 1. The normalized spacial score (nSPS) is 13.0. The average Bonchev–Trinajstić information content (AvgIpc) is 3.11. The van der Waals surface area contributed by atoms with E-state index in [0.717, 1.165) is 89.9 Å². The van der Waals surface area contributed by atoms with E-state index in [0.29, 0.717) is 32.2 Å². The number of aliphatic carboxylic acids is 1. The van der Waals surface area contributed by atoms with Crippen LogP contribution in [0.5, 0.6) is 0 Å². The van der Waals surface area contributed by atoms with Gasteiger partial charge < -0.3 is 20.9 Å². The Morgan fingerprint density at radius 1 is 0.588 bits per heavy atom. The Kier molecular flexibility index (Phi) is 37.0. The standard InChI is InChI=1S/C44H80N2O5/c1-3-5-7-9-11-13-15-16-17-18-19-21-23-28-32-38-43(48)51-40(34-29-25-22-20-14-12-10-8-6-4-2)35-30-26-24-27-31-37-42(47)46-41(44(49)50)36-33-39-45/h5,7,11,13,16-17,40-41H,3-4,6,8-10,12,14-15,18-39,45H2,1-2H3,(H,46,47)(H,49,50)/b7-5-,13-11-,17-16-. The number of hydrogen-bond acceptors (Lipinski definition) is 5. The second kappa shape index (κ2) is 38.8. The predicted molar refractivity (Wildman–Crippen MR) is 216 cm³/mol. The second-order valence-corrected chi connectivity index (χ2v) is 14.4. The third kappa shape index (κ3) is 35.8. The maximum absolute atomic E-state index is 12.8. The van der Waals surface area contributed by atoms with Crippen LogP contribution in [0.1, 0.15) is 206 Å². The van der Waals surface area contributed by atoms with Gasteiger partial charge in [-0.05, 0) is 90.0 Å². The number of ether oxygens (including phenoxy) is 1. The van der Waals surface area contributed by atoms with Crippen molar-refractivity contribution in [1.82, 2.24) is 5.32 Å². The number of carbonyl (C=O) groups is 3. The van der Waals surface area contributed by atoms with E-state index in [1.54, 1.807) is 0 Å². The van der Waals surface area contributed by atoms with E-state index < -0.39 is 12.0 Å². The highest BCUT2D eigenvalue weighted by molar-refractivity contribution is 5.83. The predicted octanol–water partition coefficient (Wildman–Crippen LogP) is 11.8.